The van der Waals surface area contributed by atoms with Crippen LogP contribution >= 0.6 is 11.6 Å². The third kappa shape index (κ3) is 5.48. The molecule has 0 aliphatic heterocycles. The average Bonchev–Trinajstić information content (AvgIpc) is 2.43. The molecule has 0 heterocycles. The van der Waals surface area contributed by atoms with Crippen molar-refractivity contribution in [3.63, 3.8) is 0 Å². The number of rotatable bonds is 6. The van der Waals surface area contributed by atoms with Gasteiger partial charge in [-0.3, -0.25) is 0 Å². The molecule has 5 nitrogen and oxygen atoms in total. The van der Waals surface area contributed by atoms with E-state index in [0.717, 1.165) is 0 Å². The Balaban J connectivity index is 2.27. The molecule has 6 heteroatoms. The fourth-order valence-corrected chi connectivity index (χ4v) is 1.68. The Hall–Kier alpha value is -1.75. The van der Waals surface area contributed by atoms with E-state index < -0.39 is 5.97 Å². The topological polar surface area (TPSA) is 55.8 Å². The van der Waals surface area contributed by atoms with Gasteiger partial charge in [0.1, 0.15) is 0 Å². The molecule has 1 aromatic carbocycles. The fraction of sp³-hybridized carbons (Fsp3) is 0.429. The van der Waals surface area contributed by atoms with Gasteiger partial charge in [0.2, 0.25) is 0 Å². The smallest absolute Gasteiger partial charge is 0.409 e. The molecule has 0 bridgehead atoms. The zero-order chi connectivity index (χ0) is 15.0. The van der Waals surface area contributed by atoms with E-state index >= 15 is 0 Å². The van der Waals surface area contributed by atoms with Gasteiger partial charge in [0.15, 0.2) is 0 Å². The molecule has 0 radical (unpaired) electrons. The maximum absolute atomic E-state index is 11.7. The number of hydrogen-bond acceptors (Lipinski definition) is 4. The Bertz CT molecular complexity index is 464. The molecule has 0 spiro atoms. The molecule has 1 aromatic rings. The highest BCUT2D eigenvalue weighted by Gasteiger charge is 2.10. The van der Waals surface area contributed by atoms with Gasteiger partial charge >= 0.3 is 12.1 Å². The number of amides is 1. The average molecular weight is 300 g/mol. The summed E-state index contributed by atoms with van der Waals surface area (Å²) in [6.45, 7) is 2.78. The molecule has 110 valence electrons. The number of benzene rings is 1. The number of ether oxygens (including phenoxy) is 2. The molecule has 1 rings (SSSR count). The monoisotopic (exact) mass is 299 g/mol. The van der Waals surface area contributed by atoms with E-state index in [1.165, 1.54) is 4.90 Å². The van der Waals surface area contributed by atoms with Crippen LogP contribution in [0.2, 0.25) is 5.02 Å². The van der Waals surface area contributed by atoms with Crippen molar-refractivity contribution in [2.75, 3.05) is 26.8 Å². The van der Waals surface area contributed by atoms with Gasteiger partial charge in [-0.2, -0.15) is 0 Å². The number of halogens is 1. The van der Waals surface area contributed by atoms with E-state index in [0.29, 0.717) is 30.2 Å². The minimum Gasteiger partial charge on any atom is -0.462 e. The quantitative estimate of drug-likeness (QED) is 0.598. The largest absolute Gasteiger partial charge is 0.462 e. The molecule has 0 saturated carbocycles. The van der Waals surface area contributed by atoms with Gasteiger partial charge in [-0.25, -0.2) is 9.59 Å². The van der Waals surface area contributed by atoms with Crippen molar-refractivity contribution in [2.24, 2.45) is 0 Å². The van der Waals surface area contributed by atoms with Crippen molar-refractivity contribution >= 4 is 23.7 Å². The first-order valence-electron chi connectivity index (χ1n) is 6.35. The molecule has 0 saturated heterocycles. The molecular weight excluding hydrogens is 282 g/mol. The minimum atomic E-state index is -0.425. The third-order valence-corrected chi connectivity index (χ3v) is 2.75. The van der Waals surface area contributed by atoms with Crippen LogP contribution in [0.5, 0.6) is 0 Å². The summed E-state index contributed by atoms with van der Waals surface area (Å²) < 4.78 is 9.93. The molecule has 0 fully saturated rings. The van der Waals surface area contributed by atoms with Gasteiger partial charge in [0.25, 0.3) is 0 Å². The molecule has 0 N–H and O–H groups in total. The summed E-state index contributed by atoms with van der Waals surface area (Å²) in [6, 6.07) is 6.56. The van der Waals surface area contributed by atoms with Crippen molar-refractivity contribution < 1.29 is 19.1 Å². The van der Waals surface area contributed by atoms with Crippen LogP contribution in [0.1, 0.15) is 23.7 Å². The van der Waals surface area contributed by atoms with Gasteiger partial charge < -0.3 is 14.4 Å². The lowest BCUT2D eigenvalue weighted by molar-refractivity contribution is 0.0489. The number of esters is 1. The van der Waals surface area contributed by atoms with E-state index in [1.807, 2.05) is 0 Å². The van der Waals surface area contributed by atoms with Crippen molar-refractivity contribution in [2.45, 2.75) is 13.3 Å². The van der Waals surface area contributed by atoms with Crippen molar-refractivity contribution in [1.29, 1.82) is 0 Å². The highest BCUT2D eigenvalue weighted by molar-refractivity contribution is 6.30. The summed E-state index contributed by atoms with van der Waals surface area (Å²) in [7, 11) is 1.64. The van der Waals surface area contributed by atoms with E-state index in [1.54, 1.807) is 38.2 Å². The summed E-state index contributed by atoms with van der Waals surface area (Å²) in [6.07, 6.45) is 0.162. The lowest BCUT2D eigenvalue weighted by Crippen LogP contribution is -2.29. The van der Waals surface area contributed by atoms with Crippen LogP contribution in [0.3, 0.4) is 0 Å². The van der Waals surface area contributed by atoms with Crippen molar-refractivity contribution in [3.05, 3.63) is 34.9 Å². The lowest BCUT2D eigenvalue weighted by Gasteiger charge is -2.16. The SMILES string of the molecule is CCOC(=O)N(C)CCCOC(=O)c1cccc(Cl)c1. The Morgan fingerprint density at radius 1 is 1.30 bits per heavy atom. The molecule has 0 aromatic heterocycles. The van der Waals surface area contributed by atoms with Gasteiger partial charge in [0, 0.05) is 18.6 Å². The Morgan fingerprint density at radius 2 is 2.05 bits per heavy atom. The first-order valence-corrected chi connectivity index (χ1v) is 6.73. The minimum absolute atomic E-state index is 0.231. The normalized spacial score (nSPS) is 9.95. The van der Waals surface area contributed by atoms with Crippen LogP contribution in [-0.2, 0) is 9.47 Å². The van der Waals surface area contributed by atoms with E-state index in [-0.39, 0.29) is 12.7 Å². The highest BCUT2D eigenvalue weighted by Crippen LogP contribution is 2.11. The molecule has 0 aliphatic rings. The standard InChI is InChI=1S/C14H18ClNO4/c1-3-19-14(18)16(2)8-5-9-20-13(17)11-6-4-7-12(15)10-11/h4,6-7,10H,3,5,8-9H2,1-2H3. The Labute approximate surface area is 123 Å². The summed E-state index contributed by atoms with van der Waals surface area (Å²) in [5, 5.41) is 0.487. The predicted molar refractivity (Wildman–Crippen MR) is 76.0 cm³/mol. The number of carbonyl (C=O) groups excluding carboxylic acids is 2. The van der Waals surface area contributed by atoms with Crippen LogP contribution < -0.4 is 0 Å². The fourth-order valence-electron chi connectivity index (χ4n) is 1.49. The second-order valence-corrected chi connectivity index (χ2v) is 4.56. The maximum atomic E-state index is 11.7. The lowest BCUT2D eigenvalue weighted by atomic mass is 10.2. The summed E-state index contributed by atoms with van der Waals surface area (Å²) in [4.78, 5) is 24.4. The Kier molecular flexibility index (Phi) is 6.87. The van der Waals surface area contributed by atoms with Gasteiger partial charge in [-0.05, 0) is 31.5 Å². The highest BCUT2D eigenvalue weighted by atomic mass is 35.5. The molecular formula is C14H18ClNO4. The first-order chi connectivity index (χ1) is 9.54. The van der Waals surface area contributed by atoms with Crippen LogP contribution in [0.4, 0.5) is 4.79 Å². The summed E-state index contributed by atoms with van der Waals surface area (Å²) >= 11 is 5.79. The second-order valence-electron chi connectivity index (χ2n) is 4.12. The Morgan fingerprint density at radius 3 is 2.70 bits per heavy atom. The van der Waals surface area contributed by atoms with E-state index in [2.05, 4.69) is 0 Å². The zero-order valence-electron chi connectivity index (χ0n) is 11.6. The van der Waals surface area contributed by atoms with Crippen LogP contribution in [0.15, 0.2) is 24.3 Å². The van der Waals surface area contributed by atoms with Crippen LogP contribution in [-0.4, -0.2) is 43.8 Å². The van der Waals surface area contributed by atoms with Crippen LogP contribution in [0.25, 0.3) is 0 Å². The molecule has 0 atom stereocenters. The number of hydrogen-bond donors (Lipinski definition) is 0. The summed E-state index contributed by atoms with van der Waals surface area (Å²) in [5.41, 5.74) is 0.413. The molecule has 1 amide bonds. The summed E-state index contributed by atoms with van der Waals surface area (Å²) in [5.74, 6) is -0.425. The van der Waals surface area contributed by atoms with Gasteiger partial charge in [0.05, 0.1) is 18.8 Å². The molecule has 0 unspecified atom stereocenters. The van der Waals surface area contributed by atoms with E-state index in [4.69, 9.17) is 21.1 Å². The molecule has 0 aliphatic carbocycles. The second kappa shape index (κ2) is 8.43. The van der Waals surface area contributed by atoms with E-state index in [9.17, 15) is 9.59 Å². The predicted octanol–water partition coefficient (Wildman–Crippen LogP) is 2.98. The number of carbonyl (C=O) groups is 2. The van der Waals surface area contributed by atoms with Gasteiger partial charge in [-0.1, -0.05) is 17.7 Å². The third-order valence-electron chi connectivity index (χ3n) is 2.51. The number of nitrogens with zero attached hydrogens (tertiary/aromatic N) is 1. The first kappa shape index (κ1) is 16.3. The zero-order valence-corrected chi connectivity index (χ0v) is 12.4. The van der Waals surface area contributed by atoms with Gasteiger partial charge in [-0.15, -0.1) is 0 Å². The van der Waals surface area contributed by atoms with Crippen molar-refractivity contribution in [1.82, 2.24) is 4.90 Å². The molecule has 20 heavy (non-hydrogen) atoms. The maximum Gasteiger partial charge on any atom is 0.409 e. The van der Waals surface area contributed by atoms with Crippen molar-refractivity contribution in [3.8, 4) is 0 Å². The van der Waals surface area contributed by atoms with Crippen LogP contribution in [0, 0.1) is 0 Å².